The van der Waals surface area contributed by atoms with Crippen LogP contribution in [-0.2, 0) is 0 Å². The van der Waals surface area contributed by atoms with Crippen molar-refractivity contribution < 1.29 is 5.11 Å². The average molecular weight is 237 g/mol. The van der Waals surface area contributed by atoms with Gasteiger partial charge in [-0.05, 0) is 37.8 Å². The first kappa shape index (κ1) is 12.0. The van der Waals surface area contributed by atoms with Gasteiger partial charge in [-0.15, -0.1) is 11.8 Å². The number of nitrogens with two attached hydrogens (primary N) is 1. The molecule has 3 heteroatoms. The number of rotatable bonds is 5. The summed E-state index contributed by atoms with van der Waals surface area (Å²) in [6.45, 7) is 2.24. The molecule has 0 radical (unpaired) electrons. The van der Waals surface area contributed by atoms with E-state index < -0.39 is 0 Å². The van der Waals surface area contributed by atoms with Crippen LogP contribution in [0.4, 0.5) is 0 Å². The van der Waals surface area contributed by atoms with Gasteiger partial charge in [0.1, 0.15) is 0 Å². The van der Waals surface area contributed by atoms with Crippen molar-refractivity contribution in [1.29, 1.82) is 0 Å². The summed E-state index contributed by atoms with van der Waals surface area (Å²) >= 11 is 1.70. The monoisotopic (exact) mass is 237 g/mol. The maximum atomic E-state index is 9.39. The molecule has 1 aromatic carbocycles. The summed E-state index contributed by atoms with van der Waals surface area (Å²) in [4.78, 5) is 1.20. The van der Waals surface area contributed by atoms with E-state index in [1.54, 1.807) is 11.8 Å². The van der Waals surface area contributed by atoms with E-state index in [1.165, 1.54) is 23.3 Å². The van der Waals surface area contributed by atoms with Gasteiger partial charge in [0, 0.05) is 16.2 Å². The van der Waals surface area contributed by atoms with Crippen LogP contribution in [0.3, 0.4) is 0 Å². The Balaban J connectivity index is 1.97. The van der Waals surface area contributed by atoms with Crippen molar-refractivity contribution in [2.75, 3.05) is 6.61 Å². The highest BCUT2D eigenvalue weighted by Gasteiger charge is 2.34. The lowest BCUT2D eigenvalue weighted by Crippen LogP contribution is -2.36. The number of benzene rings is 1. The molecule has 0 aromatic heterocycles. The largest absolute Gasteiger partial charge is 0.395 e. The zero-order chi connectivity index (χ0) is 11.5. The first-order chi connectivity index (χ1) is 7.70. The third kappa shape index (κ3) is 3.00. The van der Waals surface area contributed by atoms with Gasteiger partial charge in [-0.2, -0.15) is 0 Å². The maximum absolute atomic E-state index is 9.39. The van der Waals surface area contributed by atoms with Crippen molar-refractivity contribution in [3.63, 3.8) is 0 Å². The highest BCUT2D eigenvalue weighted by atomic mass is 32.2. The van der Waals surface area contributed by atoms with Crippen LogP contribution < -0.4 is 5.73 Å². The summed E-state index contributed by atoms with van der Waals surface area (Å²) in [6.07, 6.45) is 2.46. The number of aryl methyl sites for hydroxylation is 1. The minimum Gasteiger partial charge on any atom is -0.395 e. The van der Waals surface area contributed by atoms with Gasteiger partial charge in [0.05, 0.1) is 6.61 Å². The molecule has 0 amide bonds. The average Bonchev–Trinajstić information content (AvgIpc) is 3.11. The van der Waals surface area contributed by atoms with Crippen molar-refractivity contribution in [3.8, 4) is 0 Å². The third-order valence-electron chi connectivity index (χ3n) is 3.08. The smallest absolute Gasteiger partial charge is 0.0568 e. The molecule has 3 N–H and O–H groups in total. The number of thioether (sulfide) groups is 1. The second kappa shape index (κ2) is 5.21. The first-order valence-electron chi connectivity index (χ1n) is 5.80. The van der Waals surface area contributed by atoms with E-state index in [0.717, 1.165) is 0 Å². The van der Waals surface area contributed by atoms with Gasteiger partial charge in [0.25, 0.3) is 0 Å². The van der Waals surface area contributed by atoms with E-state index >= 15 is 0 Å². The Hall–Kier alpha value is -0.510. The van der Waals surface area contributed by atoms with Gasteiger partial charge in [0.2, 0.25) is 0 Å². The van der Waals surface area contributed by atoms with Gasteiger partial charge in [-0.3, -0.25) is 0 Å². The third-order valence-corrected chi connectivity index (χ3v) is 4.39. The lowest BCUT2D eigenvalue weighted by Gasteiger charge is -2.21. The molecule has 1 aromatic rings. The SMILES string of the molecule is Cc1ccc(SC(CO)C(N)C2CC2)cc1. The highest BCUT2D eigenvalue weighted by Crippen LogP contribution is 2.37. The zero-order valence-electron chi connectivity index (χ0n) is 9.60. The minimum atomic E-state index is 0.134. The van der Waals surface area contributed by atoms with Crippen LogP contribution in [0.5, 0.6) is 0 Å². The van der Waals surface area contributed by atoms with E-state index in [-0.39, 0.29) is 17.9 Å². The van der Waals surface area contributed by atoms with Crippen LogP contribution >= 0.6 is 11.8 Å². The molecule has 0 spiro atoms. The summed E-state index contributed by atoms with van der Waals surface area (Å²) in [5.74, 6) is 0.634. The standard InChI is InChI=1S/C13H19NOS/c1-9-2-6-11(7-3-9)16-12(8-15)13(14)10-4-5-10/h2-3,6-7,10,12-13,15H,4-5,8,14H2,1H3. The van der Waals surface area contributed by atoms with E-state index in [9.17, 15) is 5.11 Å². The fourth-order valence-corrected chi connectivity index (χ4v) is 2.91. The Morgan fingerprint density at radius 3 is 2.50 bits per heavy atom. The predicted octanol–water partition coefficient (Wildman–Crippen LogP) is 2.19. The van der Waals surface area contributed by atoms with Crippen LogP contribution in [0, 0.1) is 12.8 Å². The normalized spacial score (nSPS) is 19.4. The first-order valence-corrected chi connectivity index (χ1v) is 6.68. The molecule has 0 aliphatic heterocycles. The number of hydrogen-bond donors (Lipinski definition) is 2. The van der Waals surface area contributed by atoms with Crippen molar-refractivity contribution in [1.82, 2.24) is 0 Å². The minimum absolute atomic E-state index is 0.134. The Morgan fingerprint density at radius 2 is 2.00 bits per heavy atom. The molecule has 1 fully saturated rings. The molecule has 1 aliphatic carbocycles. The lowest BCUT2D eigenvalue weighted by atomic mass is 10.1. The zero-order valence-corrected chi connectivity index (χ0v) is 10.4. The molecule has 1 saturated carbocycles. The molecular formula is C13H19NOS. The lowest BCUT2D eigenvalue weighted by molar-refractivity contribution is 0.277. The molecule has 2 atom stereocenters. The molecular weight excluding hydrogens is 218 g/mol. The Morgan fingerprint density at radius 1 is 1.38 bits per heavy atom. The highest BCUT2D eigenvalue weighted by molar-refractivity contribution is 8.00. The Labute approximate surface area is 101 Å². The van der Waals surface area contributed by atoms with E-state index in [2.05, 4.69) is 31.2 Å². The molecule has 0 heterocycles. The van der Waals surface area contributed by atoms with Crippen LogP contribution in [0.15, 0.2) is 29.2 Å². The summed E-state index contributed by atoms with van der Waals surface area (Å²) in [5, 5.41) is 9.52. The summed E-state index contributed by atoms with van der Waals surface area (Å²) in [7, 11) is 0. The van der Waals surface area contributed by atoms with Crippen molar-refractivity contribution in [2.45, 2.75) is 36.0 Å². The fourth-order valence-electron chi connectivity index (χ4n) is 1.81. The molecule has 88 valence electrons. The Kier molecular flexibility index (Phi) is 3.90. The van der Waals surface area contributed by atoms with E-state index in [4.69, 9.17) is 5.73 Å². The quantitative estimate of drug-likeness (QED) is 0.772. The van der Waals surface area contributed by atoms with Gasteiger partial charge >= 0.3 is 0 Å². The molecule has 1 aliphatic rings. The molecule has 0 saturated heterocycles. The predicted molar refractivity (Wildman–Crippen MR) is 68.6 cm³/mol. The second-order valence-corrected chi connectivity index (χ2v) is 5.88. The molecule has 0 bridgehead atoms. The maximum Gasteiger partial charge on any atom is 0.0568 e. The number of hydrogen-bond acceptors (Lipinski definition) is 3. The molecule has 2 nitrogen and oxygen atoms in total. The van der Waals surface area contributed by atoms with Gasteiger partial charge in [0.15, 0.2) is 0 Å². The Bertz CT molecular complexity index is 334. The van der Waals surface area contributed by atoms with Crippen molar-refractivity contribution in [3.05, 3.63) is 29.8 Å². The molecule has 2 rings (SSSR count). The van der Waals surface area contributed by atoms with Crippen LogP contribution in [0.2, 0.25) is 0 Å². The summed E-state index contributed by atoms with van der Waals surface area (Å²) in [5.41, 5.74) is 7.39. The second-order valence-electron chi connectivity index (χ2n) is 4.57. The van der Waals surface area contributed by atoms with Crippen LogP contribution in [-0.4, -0.2) is 23.0 Å². The van der Waals surface area contributed by atoms with Crippen molar-refractivity contribution in [2.24, 2.45) is 11.7 Å². The van der Waals surface area contributed by atoms with Crippen molar-refractivity contribution >= 4 is 11.8 Å². The van der Waals surface area contributed by atoms with Gasteiger partial charge in [-0.25, -0.2) is 0 Å². The molecule has 16 heavy (non-hydrogen) atoms. The summed E-state index contributed by atoms with van der Waals surface area (Å²) < 4.78 is 0. The fraction of sp³-hybridized carbons (Fsp3) is 0.538. The molecule has 2 unspecified atom stereocenters. The number of aliphatic hydroxyl groups is 1. The van der Waals surface area contributed by atoms with Crippen LogP contribution in [0.25, 0.3) is 0 Å². The topological polar surface area (TPSA) is 46.2 Å². The van der Waals surface area contributed by atoms with Gasteiger partial charge in [-0.1, -0.05) is 17.7 Å². The van der Waals surface area contributed by atoms with Crippen LogP contribution in [0.1, 0.15) is 18.4 Å². The van der Waals surface area contributed by atoms with E-state index in [0.29, 0.717) is 5.92 Å². The summed E-state index contributed by atoms with van der Waals surface area (Å²) in [6, 6.07) is 8.53. The van der Waals surface area contributed by atoms with E-state index in [1.807, 2.05) is 0 Å². The van der Waals surface area contributed by atoms with Gasteiger partial charge < -0.3 is 10.8 Å². The number of aliphatic hydroxyl groups excluding tert-OH is 1.